The fourth-order valence-corrected chi connectivity index (χ4v) is 2.93. The van der Waals surface area contributed by atoms with Gasteiger partial charge in [0, 0.05) is 29.7 Å². The average Bonchev–Trinajstić information content (AvgIpc) is 3.15. The number of carbonyl (C=O) groups excluding carboxylic acids is 1. The third kappa shape index (κ3) is 5.60. The number of aryl methyl sites for hydroxylation is 1. The molecule has 1 amide bonds. The topological polar surface area (TPSA) is 93.5 Å². The van der Waals surface area contributed by atoms with E-state index in [9.17, 15) is 13.8 Å². The number of nitrogens with zero attached hydrogens (tertiary/aromatic N) is 2. The molecule has 1 aromatic heterocycles. The Balaban J connectivity index is 1.54. The molecule has 0 aliphatic rings. The van der Waals surface area contributed by atoms with Crippen molar-refractivity contribution in [3.63, 3.8) is 0 Å². The lowest BCUT2D eigenvalue weighted by molar-refractivity contribution is -0.116. The molecule has 1 heterocycles. The Morgan fingerprint density at radius 3 is 2.57 bits per heavy atom. The normalized spacial score (nSPS) is 11.9. The average molecular weight is 403 g/mol. The van der Waals surface area contributed by atoms with Crippen LogP contribution >= 0.6 is 8.25 Å². The third-order valence-corrected chi connectivity index (χ3v) is 4.42. The van der Waals surface area contributed by atoms with Crippen LogP contribution in [-0.2, 0) is 26.9 Å². The van der Waals surface area contributed by atoms with Crippen LogP contribution < -0.4 is 5.32 Å². The molecule has 0 aliphatic carbocycles. The number of amides is 1. The van der Waals surface area contributed by atoms with Crippen molar-refractivity contribution in [1.29, 1.82) is 0 Å². The summed E-state index contributed by atoms with van der Waals surface area (Å²) in [7, 11) is -2.96. The minimum Gasteiger partial charge on any atom is -0.326 e. The van der Waals surface area contributed by atoms with Gasteiger partial charge in [0.25, 0.3) is 0 Å². The summed E-state index contributed by atoms with van der Waals surface area (Å²) in [4.78, 5) is 25.0. The molecule has 1 unspecified atom stereocenters. The zero-order valence-electron chi connectivity index (χ0n) is 14.8. The number of aromatic nitrogens is 2. The number of benzene rings is 2. The first-order chi connectivity index (χ1) is 13.5. The molecule has 3 rings (SSSR count). The fourth-order valence-electron chi connectivity index (χ4n) is 2.64. The van der Waals surface area contributed by atoms with Gasteiger partial charge in [0.1, 0.15) is 5.82 Å². The smallest absolute Gasteiger partial charge is 0.316 e. The van der Waals surface area contributed by atoms with Crippen molar-refractivity contribution >= 4 is 19.8 Å². The second kappa shape index (κ2) is 9.41. The number of halogens is 1. The Labute approximate surface area is 161 Å². The predicted octanol–water partition coefficient (Wildman–Crippen LogP) is 3.48. The van der Waals surface area contributed by atoms with Crippen LogP contribution in [0.1, 0.15) is 17.7 Å². The van der Waals surface area contributed by atoms with Crippen molar-refractivity contribution in [2.24, 2.45) is 0 Å². The summed E-state index contributed by atoms with van der Waals surface area (Å²) in [6, 6.07) is 12.9. The molecule has 146 valence electrons. The highest BCUT2D eigenvalue weighted by Gasteiger charge is 2.09. The molecule has 1 atom stereocenters. The van der Waals surface area contributed by atoms with Gasteiger partial charge in [0.05, 0.1) is 12.9 Å². The largest absolute Gasteiger partial charge is 0.326 e. The summed E-state index contributed by atoms with van der Waals surface area (Å²) in [6.07, 6.45) is 4.03. The van der Waals surface area contributed by atoms with Crippen LogP contribution in [0.15, 0.2) is 61.1 Å². The first-order valence-corrected chi connectivity index (χ1v) is 9.79. The molecular weight excluding hydrogens is 384 g/mol. The van der Waals surface area contributed by atoms with Gasteiger partial charge in [-0.05, 0) is 48.4 Å². The Hall–Kier alpha value is -2.80. The van der Waals surface area contributed by atoms with Gasteiger partial charge in [-0.2, -0.15) is 0 Å². The van der Waals surface area contributed by atoms with Gasteiger partial charge in [-0.15, -0.1) is 0 Å². The summed E-state index contributed by atoms with van der Waals surface area (Å²) in [5.41, 5.74) is 2.97. The van der Waals surface area contributed by atoms with Gasteiger partial charge in [0.15, 0.2) is 0 Å². The summed E-state index contributed by atoms with van der Waals surface area (Å²) in [5.74, 6) is -0.468. The molecule has 0 saturated carbocycles. The number of anilines is 1. The molecule has 2 N–H and O–H groups in total. The lowest BCUT2D eigenvalue weighted by Crippen LogP contribution is -2.13. The molecule has 0 fully saturated rings. The van der Waals surface area contributed by atoms with Crippen LogP contribution in [0.5, 0.6) is 0 Å². The number of hydrogen-bond donors (Lipinski definition) is 2. The van der Waals surface area contributed by atoms with Gasteiger partial charge >= 0.3 is 8.25 Å². The van der Waals surface area contributed by atoms with E-state index >= 15 is 0 Å². The number of hydrogen-bond acceptors (Lipinski definition) is 4. The van der Waals surface area contributed by atoms with E-state index in [1.54, 1.807) is 48.9 Å². The summed E-state index contributed by atoms with van der Waals surface area (Å²) >= 11 is 0. The van der Waals surface area contributed by atoms with E-state index in [2.05, 4.69) is 14.8 Å². The highest BCUT2D eigenvalue weighted by molar-refractivity contribution is 7.32. The molecule has 9 heteroatoms. The maximum Gasteiger partial charge on any atom is 0.316 e. The molecule has 0 aliphatic heterocycles. The molecule has 28 heavy (non-hydrogen) atoms. The second-order valence-electron chi connectivity index (χ2n) is 6.03. The minimum atomic E-state index is -2.96. The lowest BCUT2D eigenvalue weighted by atomic mass is 10.2. The number of imidazole rings is 1. The van der Waals surface area contributed by atoms with Gasteiger partial charge < -0.3 is 19.3 Å². The van der Waals surface area contributed by atoms with Crippen molar-refractivity contribution < 1.29 is 23.2 Å². The second-order valence-corrected chi connectivity index (χ2v) is 6.85. The summed E-state index contributed by atoms with van der Waals surface area (Å²) in [6.45, 7) is 0.0376. The van der Waals surface area contributed by atoms with Crippen LogP contribution in [0.3, 0.4) is 0 Å². The molecular formula is C19H19FN3O4P. The molecule has 0 bridgehead atoms. The third-order valence-electron chi connectivity index (χ3n) is 4.03. The molecule has 0 saturated heterocycles. The highest BCUT2D eigenvalue weighted by Crippen LogP contribution is 2.19. The van der Waals surface area contributed by atoms with E-state index in [0.29, 0.717) is 12.1 Å². The quantitative estimate of drug-likeness (QED) is 0.562. The van der Waals surface area contributed by atoms with Crippen molar-refractivity contribution in [3.05, 3.63) is 78.1 Å². The maximum atomic E-state index is 13.1. The zero-order valence-corrected chi connectivity index (χ0v) is 15.8. The first kappa shape index (κ1) is 19.9. The van der Waals surface area contributed by atoms with E-state index in [0.717, 1.165) is 16.9 Å². The van der Waals surface area contributed by atoms with E-state index in [1.165, 1.54) is 12.1 Å². The highest BCUT2D eigenvalue weighted by atomic mass is 31.1. The molecule has 2 aromatic carbocycles. The Morgan fingerprint density at radius 1 is 1.18 bits per heavy atom. The summed E-state index contributed by atoms with van der Waals surface area (Å²) < 4.78 is 30.1. The minimum absolute atomic E-state index is 0.0376. The van der Waals surface area contributed by atoms with E-state index < -0.39 is 8.25 Å². The molecule has 0 spiro atoms. The Morgan fingerprint density at radius 2 is 1.89 bits per heavy atom. The maximum absolute atomic E-state index is 13.1. The summed E-state index contributed by atoms with van der Waals surface area (Å²) in [5, 5.41) is 2.80. The molecule has 0 radical (unpaired) electrons. The fraction of sp³-hybridized carbons (Fsp3) is 0.158. The number of rotatable bonds is 8. The standard InChI is InChI=1S/C19H19FN3O4P/c20-15-3-7-17(8-4-15)23-13-21-11-18(23)9-10-19(24)22-16-5-1-14(2-6-16)12-27-28(25)26/h1-8,11,13,28H,9-10,12H2,(H,22,24)(H,25,26). The number of nitrogens with one attached hydrogen (secondary N) is 1. The van der Waals surface area contributed by atoms with Crippen LogP contribution in [0.4, 0.5) is 10.1 Å². The Bertz CT molecular complexity index is 958. The monoisotopic (exact) mass is 403 g/mol. The van der Waals surface area contributed by atoms with Crippen LogP contribution in [0.25, 0.3) is 5.69 Å². The van der Waals surface area contributed by atoms with Crippen LogP contribution in [-0.4, -0.2) is 20.4 Å². The van der Waals surface area contributed by atoms with E-state index in [4.69, 9.17) is 4.89 Å². The van der Waals surface area contributed by atoms with Gasteiger partial charge in [-0.3, -0.25) is 9.36 Å². The van der Waals surface area contributed by atoms with Crippen LogP contribution in [0, 0.1) is 5.82 Å². The van der Waals surface area contributed by atoms with Crippen molar-refractivity contribution in [3.8, 4) is 5.69 Å². The first-order valence-electron chi connectivity index (χ1n) is 8.53. The van der Waals surface area contributed by atoms with Crippen molar-refractivity contribution in [1.82, 2.24) is 9.55 Å². The van der Waals surface area contributed by atoms with E-state index in [-0.39, 0.29) is 24.8 Å². The number of carbonyl (C=O) groups is 1. The molecule has 3 aromatic rings. The SMILES string of the molecule is O=C(CCc1cncn1-c1ccc(F)cc1)Nc1ccc(CO[PH](=O)O)cc1. The van der Waals surface area contributed by atoms with Gasteiger partial charge in [0.2, 0.25) is 5.91 Å². The van der Waals surface area contributed by atoms with E-state index in [1.807, 2.05) is 4.57 Å². The van der Waals surface area contributed by atoms with Crippen LogP contribution in [0.2, 0.25) is 0 Å². The van der Waals surface area contributed by atoms with Gasteiger partial charge in [-0.25, -0.2) is 9.37 Å². The van der Waals surface area contributed by atoms with Gasteiger partial charge in [-0.1, -0.05) is 12.1 Å². The van der Waals surface area contributed by atoms with Crippen molar-refractivity contribution in [2.45, 2.75) is 19.4 Å². The van der Waals surface area contributed by atoms with Crippen molar-refractivity contribution in [2.75, 3.05) is 5.32 Å². The Kier molecular flexibility index (Phi) is 6.71. The zero-order chi connectivity index (χ0) is 19.9. The predicted molar refractivity (Wildman–Crippen MR) is 103 cm³/mol. The molecule has 7 nitrogen and oxygen atoms in total. The lowest BCUT2D eigenvalue weighted by Gasteiger charge is -2.09.